The fourth-order valence-corrected chi connectivity index (χ4v) is 4.37. The van der Waals surface area contributed by atoms with Gasteiger partial charge in [0.1, 0.15) is 11.4 Å². The van der Waals surface area contributed by atoms with Gasteiger partial charge in [0.05, 0.1) is 11.6 Å². The van der Waals surface area contributed by atoms with Crippen molar-refractivity contribution in [2.45, 2.75) is 31.9 Å². The van der Waals surface area contributed by atoms with E-state index in [9.17, 15) is 13.9 Å². The van der Waals surface area contributed by atoms with Gasteiger partial charge in [-0.05, 0) is 24.0 Å². The van der Waals surface area contributed by atoms with Gasteiger partial charge in [-0.25, -0.2) is 18.7 Å². The Kier molecular flexibility index (Phi) is 3.91. The average Bonchev–Trinajstić information content (AvgIpc) is 3.01. The molecule has 3 aromatic heterocycles. The highest BCUT2D eigenvalue weighted by Gasteiger charge is 2.64. The zero-order chi connectivity index (χ0) is 20.4. The van der Waals surface area contributed by atoms with Crippen molar-refractivity contribution in [2.75, 3.05) is 24.5 Å². The number of aromatic amines is 1. The van der Waals surface area contributed by atoms with E-state index in [2.05, 4.69) is 25.5 Å². The van der Waals surface area contributed by atoms with Gasteiger partial charge in [0.2, 0.25) is 0 Å². The summed E-state index contributed by atoms with van der Waals surface area (Å²) < 4.78 is 29.3. The molecule has 2 atom stereocenters. The van der Waals surface area contributed by atoms with E-state index in [4.69, 9.17) is 0 Å². The van der Waals surface area contributed by atoms with Gasteiger partial charge in [-0.2, -0.15) is 5.10 Å². The molecule has 7 nitrogen and oxygen atoms in total. The van der Waals surface area contributed by atoms with Crippen LogP contribution in [-0.2, 0) is 0 Å². The molecule has 0 amide bonds. The van der Waals surface area contributed by atoms with Gasteiger partial charge < -0.3 is 15.3 Å². The molecule has 152 valence electrons. The Balaban J connectivity index is 1.52. The topological polar surface area (TPSA) is 90.0 Å². The van der Waals surface area contributed by atoms with Crippen molar-refractivity contribution >= 4 is 16.9 Å². The lowest BCUT2D eigenvalue weighted by Gasteiger charge is -2.38. The summed E-state index contributed by atoms with van der Waals surface area (Å²) in [6, 6.07) is 4.12. The molecule has 2 fully saturated rings. The lowest BCUT2D eigenvalue weighted by Crippen LogP contribution is -2.58. The van der Waals surface area contributed by atoms with Crippen LogP contribution in [0.5, 0.6) is 0 Å². The van der Waals surface area contributed by atoms with Crippen molar-refractivity contribution in [3.05, 3.63) is 36.0 Å². The molecule has 1 aliphatic heterocycles. The second-order valence-electron chi connectivity index (χ2n) is 8.53. The van der Waals surface area contributed by atoms with E-state index < -0.39 is 17.2 Å². The number of halogens is 2. The van der Waals surface area contributed by atoms with Crippen molar-refractivity contribution in [1.29, 1.82) is 0 Å². The van der Waals surface area contributed by atoms with Crippen LogP contribution in [0.15, 0.2) is 24.4 Å². The van der Waals surface area contributed by atoms with Gasteiger partial charge in [-0.1, -0.05) is 13.8 Å². The van der Waals surface area contributed by atoms with Crippen LogP contribution in [0.2, 0.25) is 0 Å². The van der Waals surface area contributed by atoms with Gasteiger partial charge in [0.15, 0.2) is 23.1 Å². The molecular weight excluding hydrogens is 378 g/mol. The first-order chi connectivity index (χ1) is 13.8. The zero-order valence-corrected chi connectivity index (χ0v) is 16.2. The number of hydrogen-bond acceptors (Lipinski definition) is 6. The Bertz CT molecular complexity index is 1100. The molecule has 2 aliphatic rings. The second kappa shape index (κ2) is 6.17. The minimum absolute atomic E-state index is 0.0267. The van der Waals surface area contributed by atoms with Crippen molar-refractivity contribution in [2.24, 2.45) is 5.41 Å². The number of nitrogens with one attached hydrogen (secondary N) is 2. The van der Waals surface area contributed by atoms with E-state index in [0.717, 1.165) is 6.07 Å². The maximum absolute atomic E-state index is 14.7. The Morgan fingerprint density at radius 3 is 2.79 bits per heavy atom. The van der Waals surface area contributed by atoms with Crippen molar-refractivity contribution in [3.8, 4) is 11.4 Å². The van der Waals surface area contributed by atoms with Crippen molar-refractivity contribution < 1.29 is 13.9 Å². The Labute approximate surface area is 166 Å². The lowest BCUT2D eigenvalue weighted by molar-refractivity contribution is 0.0640. The normalized spacial score (nSPS) is 26.1. The van der Waals surface area contributed by atoms with Crippen LogP contribution in [0.3, 0.4) is 0 Å². The fraction of sp³-hybridized carbons (Fsp3) is 0.450. The number of anilines is 1. The van der Waals surface area contributed by atoms with E-state index in [1.165, 1.54) is 0 Å². The molecule has 4 heterocycles. The number of hydrogen-bond donors (Lipinski definition) is 3. The lowest BCUT2D eigenvalue weighted by atomic mass is 9.98. The van der Waals surface area contributed by atoms with Crippen LogP contribution in [0.25, 0.3) is 22.4 Å². The van der Waals surface area contributed by atoms with Crippen LogP contribution in [-0.4, -0.2) is 56.5 Å². The van der Waals surface area contributed by atoms with Crippen LogP contribution >= 0.6 is 0 Å². The standard InChI is InChI=1S/C20H22F2N6O/c1-19(2)10-20(19,29)14-9-28(7-6-23-14)18-13(22)8-12(21)16(25-18)15-11-4-3-5-24-17(11)27-26-15/h3-5,8,14,23,29H,6-7,9-10H2,1-2H3,(H,24,26,27). The zero-order valence-electron chi connectivity index (χ0n) is 16.2. The van der Waals surface area contributed by atoms with Crippen LogP contribution in [0, 0.1) is 17.0 Å². The summed E-state index contributed by atoms with van der Waals surface area (Å²) in [4.78, 5) is 10.2. The minimum Gasteiger partial charge on any atom is -0.388 e. The van der Waals surface area contributed by atoms with Crippen LogP contribution in [0.4, 0.5) is 14.6 Å². The number of rotatable bonds is 3. The second-order valence-corrected chi connectivity index (χ2v) is 8.53. The van der Waals surface area contributed by atoms with Crippen molar-refractivity contribution in [1.82, 2.24) is 25.5 Å². The van der Waals surface area contributed by atoms with Gasteiger partial charge in [-0.3, -0.25) is 5.10 Å². The number of nitrogens with zero attached hydrogens (tertiary/aromatic N) is 4. The number of fused-ring (bicyclic) bond motifs is 1. The molecule has 29 heavy (non-hydrogen) atoms. The number of aliphatic hydroxyl groups is 1. The first-order valence-corrected chi connectivity index (χ1v) is 9.66. The number of aromatic nitrogens is 4. The molecule has 1 aliphatic carbocycles. The Morgan fingerprint density at radius 2 is 2.03 bits per heavy atom. The van der Waals surface area contributed by atoms with Crippen molar-refractivity contribution in [3.63, 3.8) is 0 Å². The largest absolute Gasteiger partial charge is 0.388 e. The quantitative estimate of drug-likeness (QED) is 0.625. The third kappa shape index (κ3) is 2.79. The van der Waals surface area contributed by atoms with Crippen LogP contribution < -0.4 is 10.2 Å². The van der Waals surface area contributed by atoms with E-state index in [1.54, 1.807) is 23.2 Å². The summed E-state index contributed by atoms with van der Waals surface area (Å²) in [6.07, 6.45) is 2.29. The van der Waals surface area contributed by atoms with Gasteiger partial charge in [0, 0.05) is 37.3 Å². The van der Waals surface area contributed by atoms with E-state index in [1.807, 2.05) is 13.8 Å². The maximum Gasteiger partial charge on any atom is 0.168 e. The molecule has 0 aromatic carbocycles. The molecule has 0 radical (unpaired) electrons. The Hall–Kier alpha value is -2.65. The molecular formula is C20H22F2N6O. The Morgan fingerprint density at radius 1 is 1.24 bits per heavy atom. The summed E-state index contributed by atoms with van der Waals surface area (Å²) in [7, 11) is 0. The molecule has 1 saturated carbocycles. The van der Waals surface area contributed by atoms with Gasteiger partial charge in [0.25, 0.3) is 0 Å². The monoisotopic (exact) mass is 400 g/mol. The molecule has 3 N–H and O–H groups in total. The number of pyridine rings is 2. The molecule has 9 heteroatoms. The third-order valence-corrected chi connectivity index (χ3v) is 6.28. The first-order valence-electron chi connectivity index (χ1n) is 9.66. The summed E-state index contributed by atoms with van der Waals surface area (Å²) in [5.74, 6) is -1.45. The van der Waals surface area contributed by atoms with Gasteiger partial charge in [-0.15, -0.1) is 0 Å². The molecule has 1 saturated heterocycles. The van der Waals surface area contributed by atoms with E-state index >= 15 is 0 Å². The van der Waals surface area contributed by atoms with Gasteiger partial charge >= 0.3 is 0 Å². The van der Waals surface area contributed by atoms with E-state index in [0.29, 0.717) is 42.8 Å². The first kappa shape index (κ1) is 18.4. The summed E-state index contributed by atoms with van der Waals surface area (Å²) in [5, 5.41) is 21.7. The number of H-pyrrole nitrogens is 1. The maximum atomic E-state index is 14.7. The number of piperazine rings is 1. The summed E-state index contributed by atoms with van der Waals surface area (Å²) in [6.45, 7) is 5.49. The highest BCUT2D eigenvalue weighted by molar-refractivity contribution is 5.89. The summed E-state index contributed by atoms with van der Waals surface area (Å²) in [5.41, 5.74) is -0.249. The summed E-state index contributed by atoms with van der Waals surface area (Å²) >= 11 is 0. The predicted molar refractivity (Wildman–Crippen MR) is 104 cm³/mol. The molecule has 0 bridgehead atoms. The predicted octanol–water partition coefficient (Wildman–Crippen LogP) is 2.24. The third-order valence-electron chi connectivity index (χ3n) is 6.28. The molecule has 2 unspecified atom stereocenters. The average molecular weight is 400 g/mol. The molecule has 3 aromatic rings. The fourth-order valence-electron chi connectivity index (χ4n) is 4.37. The van der Waals surface area contributed by atoms with E-state index in [-0.39, 0.29) is 23.0 Å². The molecule has 5 rings (SSSR count). The SMILES string of the molecule is CC1(C)CC1(O)C1CN(c2nc(-c3n[nH]c4ncccc34)c(F)cc2F)CCN1. The van der Waals surface area contributed by atoms with Crippen LogP contribution in [0.1, 0.15) is 20.3 Å². The smallest absolute Gasteiger partial charge is 0.168 e. The highest BCUT2D eigenvalue weighted by Crippen LogP contribution is 2.57. The molecule has 0 spiro atoms. The minimum atomic E-state index is -0.838. The highest BCUT2D eigenvalue weighted by atomic mass is 19.1.